The Hall–Kier alpha value is -0.770. The topological polar surface area (TPSA) is 43.7 Å². The van der Waals surface area contributed by atoms with Gasteiger partial charge in [0.1, 0.15) is 0 Å². The van der Waals surface area contributed by atoms with Gasteiger partial charge >= 0.3 is 0 Å². The first-order valence-corrected chi connectivity index (χ1v) is 7.27. The Labute approximate surface area is 119 Å². The van der Waals surface area contributed by atoms with E-state index in [9.17, 15) is 10.2 Å². The van der Waals surface area contributed by atoms with Crippen molar-refractivity contribution >= 4 is 17.3 Å². The number of hydrogen-bond donors (Lipinski definition) is 2. The van der Waals surface area contributed by atoms with Crippen molar-refractivity contribution in [3.63, 3.8) is 0 Å². The lowest BCUT2D eigenvalue weighted by Gasteiger charge is -2.35. The number of halogens is 1. The van der Waals surface area contributed by atoms with E-state index in [1.165, 1.54) is 0 Å². The third kappa shape index (κ3) is 3.41. The Morgan fingerprint density at radius 3 is 2.32 bits per heavy atom. The highest BCUT2D eigenvalue weighted by atomic mass is 35.5. The minimum atomic E-state index is -0.539. The molecule has 1 aromatic rings. The SMILES string of the molecule is CC(O)c1ccc(N2CCC(C(C)O)CC2)cc1Cl. The van der Waals surface area contributed by atoms with Gasteiger partial charge in [-0.05, 0) is 50.3 Å². The van der Waals surface area contributed by atoms with Gasteiger partial charge in [-0.3, -0.25) is 0 Å². The van der Waals surface area contributed by atoms with Crippen LogP contribution in [0.1, 0.15) is 38.4 Å². The first kappa shape index (κ1) is 14.6. The van der Waals surface area contributed by atoms with Gasteiger partial charge in [-0.25, -0.2) is 0 Å². The largest absolute Gasteiger partial charge is 0.393 e. The summed E-state index contributed by atoms with van der Waals surface area (Å²) in [5.41, 5.74) is 1.86. The van der Waals surface area contributed by atoms with Gasteiger partial charge in [-0.15, -0.1) is 0 Å². The van der Waals surface area contributed by atoms with E-state index < -0.39 is 6.10 Å². The lowest BCUT2D eigenvalue weighted by Crippen LogP contribution is -2.37. The molecule has 1 saturated heterocycles. The molecule has 1 fully saturated rings. The molecule has 1 heterocycles. The number of benzene rings is 1. The van der Waals surface area contributed by atoms with Crippen molar-refractivity contribution in [2.75, 3.05) is 18.0 Å². The van der Waals surface area contributed by atoms with Gasteiger partial charge in [0.25, 0.3) is 0 Å². The van der Waals surface area contributed by atoms with Crippen molar-refractivity contribution in [3.05, 3.63) is 28.8 Å². The fourth-order valence-electron chi connectivity index (χ4n) is 2.69. The molecular weight excluding hydrogens is 262 g/mol. The molecule has 1 aliphatic rings. The van der Waals surface area contributed by atoms with E-state index in [0.29, 0.717) is 10.9 Å². The van der Waals surface area contributed by atoms with Gasteiger partial charge in [0.2, 0.25) is 0 Å². The van der Waals surface area contributed by atoms with Crippen molar-refractivity contribution in [3.8, 4) is 0 Å². The molecule has 3 nitrogen and oxygen atoms in total. The highest BCUT2D eigenvalue weighted by molar-refractivity contribution is 6.31. The Bertz CT molecular complexity index is 426. The molecule has 4 heteroatoms. The second-order valence-corrected chi connectivity index (χ2v) is 5.85. The molecule has 0 aliphatic carbocycles. The first-order valence-electron chi connectivity index (χ1n) is 6.89. The number of aliphatic hydroxyl groups is 2. The molecule has 1 aliphatic heterocycles. The van der Waals surface area contributed by atoms with Crippen molar-refractivity contribution in [1.29, 1.82) is 0 Å². The number of aliphatic hydroxyl groups excluding tert-OH is 2. The zero-order valence-corrected chi connectivity index (χ0v) is 12.3. The molecule has 2 N–H and O–H groups in total. The molecule has 0 bridgehead atoms. The zero-order valence-electron chi connectivity index (χ0n) is 11.5. The van der Waals surface area contributed by atoms with Gasteiger partial charge in [-0.2, -0.15) is 0 Å². The maximum absolute atomic E-state index is 9.61. The standard InChI is InChI=1S/C15H22ClNO2/c1-10(18)12-5-7-17(8-6-12)13-3-4-14(11(2)19)15(16)9-13/h3-4,9-12,18-19H,5-8H2,1-2H3. The summed E-state index contributed by atoms with van der Waals surface area (Å²) >= 11 is 6.20. The minimum absolute atomic E-state index is 0.219. The highest BCUT2D eigenvalue weighted by Crippen LogP contribution is 2.30. The van der Waals surface area contributed by atoms with Crippen LogP contribution in [0.4, 0.5) is 5.69 Å². The van der Waals surface area contributed by atoms with Crippen LogP contribution in [-0.4, -0.2) is 29.4 Å². The Morgan fingerprint density at radius 1 is 1.21 bits per heavy atom. The Kier molecular flexibility index (Phi) is 4.71. The summed E-state index contributed by atoms with van der Waals surface area (Å²) in [5, 5.41) is 19.8. The van der Waals surface area contributed by atoms with E-state index in [1.807, 2.05) is 25.1 Å². The second-order valence-electron chi connectivity index (χ2n) is 5.45. The Morgan fingerprint density at radius 2 is 1.84 bits per heavy atom. The number of piperidine rings is 1. The van der Waals surface area contributed by atoms with E-state index in [1.54, 1.807) is 6.92 Å². The van der Waals surface area contributed by atoms with E-state index in [-0.39, 0.29) is 6.10 Å². The maximum Gasteiger partial charge on any atom is 0.0776 e. The van der Waals surface area contributed by atoms with Gasteiger partial charge in [0, 0.05) is 23.8 Å². The van der Waals surface area contributed by atoms with Crippen molar-refractivity contribution in [2.45, 2.75) is 38.9 Å². The lowest BCUT2D eigenvalue weighted by molar-refractivity contribution is 0.110. The zero-order chi connectivity index (χ0) is 14.0. The fraction of sp³-hybridized carbons (Fsp3) is 0.600. The first-order chi connectivity index (χ1) is 8.99. The summed E-state index contributed by atoms with van der Waals surface area (Å²) in [5.74, 6) is 0.406. The fourth-order valence-corrected chi connectivity index (χ4v) is 3.02. The normalized spacial score (nSPS) is 20.4. The quantitative estimate of drug-likeness (QED) is 0.896. The molecule has 106 valence electrons. The summed E-state index contributed by atoms with van der Waals surface area (Å²) < 4.78 is 0. The third-order valence-corrected chi connectivity index (χ3v) is 4.35. The number of anilines is 1. The van der Waals surface area contributed by atoms with Crippen molar-refractivity contribution < 1.29 is 10.2 Å². The summed E-state index contributed by atoms with van der Waals surface area (Å²) in [6, 6.07) is 5.83. The van der Waals surface area contributed by atoms with E-state index in [2.05, 4.69) is 4.90 Å². The maximum atomic E-state index is 9.61. The minimum Gasteiger partial charge on any atom is -0.393 e. The van der Waals surface area contributed by atoms with Crippen LogP contribution in [0.25, 0.3) is 0 Å². The highest BCUT2D eigenvalue weighted by Gasteiger charge is 2.23. The average molecular weight is 284 g/mol. The number of nitrogens with zero attached hydrogens (tertiary/aromatic N) is 1. The van der Waals surface area contributed by atoms with Crippen molar-refractivity contribution in [1.82, 2.24) is 0 Å². The predicted octanol–water partition coefficient (Wildman–Crippen LogP) is 2.99. The van der Waals surface area contributed by atoms with Crippen LogP contribution in [0.3, 0.4) is 0 Å². The Balaban J connectivity index is 2.06. The van der Waals surface area contributed by atoms with Crippen LogP contribution in [0.15, 0.2) is 18.2 Å². The monoisotopic (exact) mass is 283 g/mol. The number of rotatable bonds is 3. The molecule has 2 atom stereocenters. The average Bonchev–Trinajstić information content (AvgIpc) is 2.38. The lowest BCUT2D eigenvalue weighted by atomic mass is 9.92. The summed E-state index contributed by atoms with van der Waals surface area (Å²) in [4.78, 5) is 2.29. The molecular formula is C15H22ClNO2. The van der Waals surface area contributed by atoms with Crippen LogP contribution >= 0.6 is 11.6 Å². The van der Waals surface area contributed by atoms with E-state index in [0.717, 1.165) is 37.2 Å². The van der Waals surface area contributed by atoms with E-state index in [4.69, 9.17) is 11.6 Å². The second kappa shape index (κ2) is 6.12. The van der Waals surface area contributed by atoms with Crippen LogP contribution in [0.5, 0.6) is 0 Å². The molecule has 2 rings (SSSR count). The van der Waals surface area contributed by atoms with Crippen molar-refractivity contribution in [2.24, 2.45) is 5.92 Å². The number of hydrogen-bond acceptors (Lipinski definition) is 3. The molecule has 0 spiro atoms. The smallest absolute Gasteiger partial charge is 0.0776 e. The van der Waals surface area contributed by atoms with Gasteiger partial charge < -0.3 is 15.1 Å². The van der Waals surface area contributed by atoms with E-state index >= 15 is 0 Å². The summed E-state index contributed by atoms with van der Waals surface area (Å²) in [6.45, 7) is 5.48. The van der Waals surface area contributed by atoms with Crippen LogP contribution in [0.2, 0.25) is 5.02 Å². The molecule has 2 unspecified atom stereocenters. The predicted molar refractivity (Wildman–Crippen MR) is 78.7 cm³/mol. The van der Waals surface area contributed by atoms with Crippen LogP contribution in [-0.2, 0) is 0 Å². The molecule has 0 aromatic heterocycles. The molecule has 0 amide bonds. The van der Waals surface area contributed by atoms with Gasteiger partial charge in [0.15, 0.2) is 0 Å². The third-order valence-electron chi connectivity index (χ3n) is 4.02. The molecule has 0 saturated carbocycles. The molecule has 0 radical (unpaired) electrons. The van der Waals surface area contributed by atoms with Crippen LogP contribution < -0.4 is 4.90 Å². The summed E-state index contributed by atoms with van der Waals surface area (Å²) in [6.07, 6.45) is 1.26. The molecule has 19 heavy (non-hydrogen) atoms. The van der Waals surface area contributed by atoms with Gasteiger partial charge in [-0.1, -0.05) is 17.7 Å². The summed E-state index contributed by atoms with van der Waals surface area (Å²) in [7, 11) is 0. The molecule has 1 aromatic carbocycles. The van der Waals surface area contributed by atoms with Crippen LogP contribution in [0, 0.1) is 5.92 Å². The van der Waals surface area contributed by atoms with Gasteiger partial charge in [0.05, 0.1) is 12.2 Å².